The van der Waals surface area contributed by atoms with Crippen molar-refractivity contribution in [1.82, 2.24) is 0 Å². The summed E-state index contributed by atoms with van der Waals surface area (Å²) in [5.41, 5.74) is 0.898. The molecule has 0 aromatic heterocycles. The molecular formula is C22H28O5S. The van der Waals surface area contributed by atoms with Crippen molar-refractivity contribution in [3.63, 3.8) is 0 Å². The van der Waals surface area contributed by atoms with E-state index in [1.807, 2.05) is 48.5 Å². The van der Waals surface area contributed by atoms with Crippen molar-refractivity contribution in [3.05, 3.63) is 66.2 Å². The molecule has 0 spiro atoms. The summed E-state index contributed by atoms with van der Waals surface area (Å²) in [4.78, 5) is 1.12. The first-order chi connectivity index (χ1) is 13.8. The lowest BCUT2D eigenvalue weighted by Gasteiger charge is -2.44. The third-order valence-corrected chi connectivity index (χ3v) is 5.95. The van der Waals surface area contributed by atoms with Crippen LogP contribution in [-0.4, -0.2) is 57.8 Å². The maximum Gasteiger partial charge on any atom is 0.137 e. The quantitative estimate of drug-likeness (QED) is 0.634. The largest absolute Gasteiger partial charge is 0.376 e. The van der Waals surface area contributed by atoms with Gasteiger partial charge in [-0.25, -0.2) is 0 Å². The van der Waals surface area contributed by atoms with Crippen LogP contribution in [0.3, 0.4) is 0 Å². The normalized spacial score (nSPS) is 27.6. The summed E-state index contributed by atoms with van der Waals surface area (Å²) in [7, 11) is 5.03. The van der Waals surface area contributed by atoms with Gasteiger partial charge >= 0.3 is 0 Å². The minimum absolute atomic E-state index is 0.228. The molecule has 3 rings (SSSR count). The zero-order valence-corrected chi connectivity index (χ0v) is 17.3. The Morgan fingerprint density at radius 3 is 2.00 bits per heavy atom. The molecule has 1 aliphatic heterocycles. The van der Waals surface area contributed by atoms with Crippen molar-refractivity contribution in [3.8, 4) is 0 Å². The number of ether oxygens (including phenoxy) is 5. The van der Waals surface area contributed by atoms with Crippen LogP contribution in [0.15, 0.2) is 65.6 Å². The number of benzene rings is 2. The molecule has 152 valence electrons. The van der Waals surface area contributed by atoms with Crippen molar-refractivity contribution in [1.29, 1.82) is 0 Å². The lowest BCUT2D eigenvalue weighted by atomic mass is 9.99. The molecule has 6 heteroatoms. The average molecular weight is 405 g/mol. The molecule has 0 aliphatic carbocycles. The summed E-state index contributed by atoms with van der Waals surface area (Å²) >= 11 is 1.62. The van der Waals surface area contributed by atoms with Gasteiger partial charge in [-0.15, -0.1) is 0 Å². The summed E-state index contributed by atoms with van der Waals surface area (Å²) in [5, 5.41) is 0. The second-order valence-corrected chi connectivity index (χ2v) is 7.75. The zero-order valence-electron chi connectivity index (χ0n) is 16.5. The second-order valence-electron chi connectivity index (χ2n) is 6.58. The van der Waals surface area contributed by atoms with E-state index < -0.39 is 0 Å². The lowest BCUT2D eigenvalue weighted by Crippen LogP contribution is -2.59. The Kier molecular flexibility index (Phi) is 8.33. The molecule has 0 saturated carbocycles. The minimum atomic E-state index is -0.279. The van der Waals surface area contributed by atoms with Gasteiger partial charge in [0.05, 0.1) is 13.2 Å². The van der Waals surface area contributed by atoms with Gasteiger partial charge in [-0.1, -0.05) is 60.3 Å². The van der Waals surface area contributed by atoms with E-state index in [1.54, 1.807) is 33.1 Å². The van der Waals surface area contributed by atoms with E-state index in [0.717, 1.165) is 10.5 Å². The fraction of sp³-hybridized carbons (Fsp3) is 0.455. The van der Waals surface area contributed by atoms with Gasteiger partial charge in [-0.3, -0.25) is 0 Å². The Hall–Kier alpha value is -1.41. The Morgan fingerprint density at radius 1 is 0.786 bits per heavy atom. The van der Waals surface area contributed by atoms with Crippen LogP contribution in [0.2, 0.25) is 0 Å². The topological polar surface area (TPSA) is 46.2 Å². The van der Waals surface area contributed by atoms with E-state index in [0.29, 0.717) is 13.2 Å². The first-order valence-corrected chi connectivity index (χ1v) is 10.2. The van der Waals surface area contributed by atoms with Crippen LogP contribution < -0.4 is 0 Å². The van der Waals surface area contributed by atoms with Gasteiger partial charge in [0, 0.05) is 26.2 Å². The highest BCUT2D eigenvalue weighted by Crippen LogP contribution is 2.36. The molecule has 1 aliphatic rings. The predicted octanol–water partition coefficient (Wildman–Crippen LogP) is 3.77. The number of methoxy groups -OCH3 is 3. The second kappa shape index (κ2) is 11.0. The molecule has 2 aromatic carbocycles. The third kappa shape index (κ3) is 5.35. The Labute approximate surface area is 171 Å². The van der Waals surface area contributed by atoms with Gasteiger partial charge in [-0.2, -0.15) is 0 Å². The predicted molar refractivity (Wildman–Crippen MR) is 109 cm³/mol. The van der Waals surface area contributed by atoms with E-state index in [-0.39, 0.29) is 29.9 Å². The number of rotatable bonds is 9. The Morgan fingerprint density at radius 2 is 1.39 bits per heavy atom. The molecule has 5 atom stereocenters. The molecule has 1 fully saturated rings. The van der Waals surface area contributed by atoms with Crippen LogP contribution in [0.1, 0.15) is 5.56 Å². The SMILES string of the molecule is CO[C@@H]1[C@@H](OC)[C@H](Sc2ccccc2)O[C@H](COCc2ccccc2)[C@H]1OC. The zero-order chi connectivity index (χ0) is 19.8. The molecule has 5 nitrogen and oxygen atoms in total. The summed E-state index contributed by atoms with van der Waals surface area (Å²) in [6.45, 7) is 0.939. The van der Waals surface area contributed by atoms with Crippen LogP contribution in [0.5, 0.6) is 0 Å². The minimum Gasteiger partial charge on any atom is -0.376 e. The average Bonchev–Trinajstić information content (AvgIpc) is 2.74. The summed E-state index contributed by atoms with van der Waals surface area (Å²) in [6, 6.07) is 20.2. The van der Waals surface area contributed by atoms with Crippen molar-refractivity contribution in [2.24, 2.45) is 0 Å². The Balaban J connectivity index is 1.69. The van der Waals surface area contributed by atoms with Crippen molar-refractivity contribution in [2.75, 3.05) is 27.9 Å². The Bertz CT molecular complexity index is 684. The lowest BCUT2D eigenvalue weighted by molar-refractivity contribution is -0.231. The number of hydrogen-bond acceptors (Lipinski definition) is 6. The van der Waals surface area contributed by atoms with Crippen LogP contribution in [0.25, 0.3) is 0 Å². The molecule has 1 saturated heterocycles. The molecule has 0 unspecified atom stereocenters. The maximum absolute atomic E-state index is 6.38. The third-order valence-electron chi connectivity index (χ3n) is 4.80. The van der Waals surface area contributed by atoms with Gasteiger partial charge in [0.15, 0.2) is 0 Å². The van der Waals surface area contributed by atoms with E-state index in [9.17, 15) is 0 Å². The van der Waals surface area contributed by atoms with E-state index in [4.69, 9.17) is 23.7 Å². The van der Waals surface area contributed by atoms with Crippen LogP contribution in [0.4, 0.5) is 0 Å². The standard InChI is InChI=1S/C22H28O5S/c1-23-19-18(15-26-14-16-10-6-4-7-11-16)27-22(21(25-3)20(19)24-2)28-17-12-8-5-9-13-17/h4-13,18-22H,14-15H2,1-3H3/t18-,19-,20+,21-,22+/m1/s1. The van der Waals surface area contributed by atoms with Crippen molar-refractivity contribution < 1.29 is 23.7 Å². The van der Waals surface area contributed by atoms with Gasteiger partial charge in [0.2, 0.25) is 0 Å². The number of thioether (sulfide) groups is 1. The highest BCUT2D eigenvalue weighted by Gasteiger charge is 2.47. The molecule has 0 radical (unpaired) electrons. The summed E-state index contributed by atoms with van der Waals surface area (Å²) in [5.74, 6) is 0. The molecular weight excluding hydrogens is 376 g/mol. The first-order valence-electron chi connectivity index (χ1n) is 9.34. The summed E-state index contributed by atoms with van der Waals surface area (Å²) in [6.07, 6.45) is -1.05. The van der Waals surface area contributed by atoms with Crippen molar-refractivity contribution >= 4 is 11.8 Å². The van der Waals surface area contributed by atoms with Gasteiger partial charge in [0.1, 0.15) is 29.9 Å². The highest BCUT2D eigenvalue weighted by molar-refractivity contribution is 7.99. The van der Waals surface area contributed by atoms with Crippen LogP contribution in [-0.2, 0) is 30.3 Å². The summed E-state index contributed by atoms with van der Waals surface area (Å²) < 4.78 is 29.5. The molecule has 28 heavy (non-hydrogen) atoms. The monoisotopic (exact) mass is 404 g/mol. The van der Waals surface area contributed by atoms with Gasteiger partial charge in [-0.05, 0) is 17.7 Å². The molecule has 2 aromatic rings. The van der Waals surface area contributed by atoms with E-state index in [1.165, 1.54) is 0 Å². The van der Waals surface area contributed by atoms with Gasteiger partial charge in [0.25, 0.3) is 0 Å². The maximum atomic E-state index is 6.38. The fourth-order valence-corrected chi connectivity index (χ4v) is 4.59. The van der Waals surface area contributed by atoms with Crippen LogP contribution >= 0.6 is 11.8 Å². The van der Waals surface area contributed by atoms with Gasteiger partial charge < -0.3 is 23.7 Å². The van der Waals surface area contributed by atoms with E-state index in [2.05, 4.69) is 12.1 Å². The smallest absolute Gasteiger partial charge is 0.137 e. The highest BCUT2D eigenvalue weighted by atomic mass is 32.2. The molecule has 0 bridgehead atoms. The first kappa shape index (κ1) is 21.3. The van der Waals surface area contributed by atoms with Crippen LogP contribution in [0, 0.1) is 0 Å². The van der Waals surface area contributed by atoms with E-state index >= 15 is 0 Å². The fourth-order valence-electron chi connectivity index (χ4n) is 3.41. The van der Waals surface area contributed by atoms with Crippen molar-refractivity contribution in [2.45, 2.75) is 41.4 Å². The molecule has 0 amide bonds. The number of hydrogen-bond donors (Lipinski definition) is 0. The molecule has 1 heterocycles. The molecule has 0 N–H and O–H groups in total.